The summed E-state index contributed by atoms with van der Waals surface area (Å²) in [6, 6.07) is 3.03. The number of carbonyl (C=O) groups is 5. The van der Waals surface area contributed by atoms with Gasteiger partial charge in [-0.3, -0.25) is 28.9 Å². The molecule has 2 saturated carbocycles. The molecule has 0 bridgehead atoms. The van der Waals surface area contributed by atoms with E-state index in [0.717, 1.165) is 0 Å². The van der Waals surface area contributed by atoms with Gasteiger partial charge in [0.25, 0.3) is 0 Å². The van der Waals surface area contributed by atoms with Crippen LogP contribution in [-0.2, 0) is 19.2 Å². The number of benzene rings is 1. The maximum Gasteiger partial charge on any atom is 0.235 e. The molecule has 10 nitrogen and oxygen atoms in total. The van der Waals surface area contributed by atoms with Crippen LogP contribution in [0.4, 0.5) is 0 Å². The van der Waals surface area contributed by atoms with Crippen LogP contribution in [0.25, 0.3) is 0 Å². The highest BCUT2D eigenvalue weighted by Crippen LogP contribution is 2.54. The third-order valence-corrected chi connectivity index (χ3v) is 7.35. The van der Waals surface area contributed by atoms with Crippen molar-refractivity contribution in [3.63, 3.8) is 0 Å². The normalized spacial score (nSPS) is 38.9. The van der Waals surface area contributed by atoms with Crippen molar-refractivity contribution in [1.82, 2.24) is 4.90 Å². The van der Waals surface area contributed by atoms with Crippen molar-refractivity contribution in [3.8, 4) is 5.75 Å². The molecule has 8 atom stereocenters. The molecule has 0 radical (unpaired) electrons. The van der Waals surface area contributed by atoms with Crippen molar-refractivity contribution in [2.75, 3.05) is 14.1 Å². The molecule has 0 saturated heterocycles. The minimum absolute atomic E-state index is 0.112. The Labute approximate surface area is 183 Å². The largest absolute Gasteiger partial charge is 0.507 e. The quantitative estimate of drug-likeness (QED) is 0.391. The van der Waals surface area contributed by atoms with E-state index in [-0.39, 0.29) is 11.3 Å². The Bertz CT molecular complexity index is 1080. The maximum atomic E-state index is 13.6. The van der Waals surface area contributed by atoms with Gasteiger partial charge in [0.2, 0.25) is 5.91 Å². The van der Waals surface area contributed by atoms with E-state index in [2.05, 4.69) is 0 Å². The average molecular weight is 444 g/mol. The molecule has 170 valence electrons. The van der Waals surface area contributed by atoms with Gasteiger partial charge in [0, 0.05) is 5.92 Å². The molecular formula is C22H24N2O8. The zero-order valence-electron chi connectivity index (χ0n) is 17.7. The molecule has 2 fully saturated rings. The van der Waals surface area contributed by atoms with Gasteiger partial charge in [-0.05, 0) is 31.6 Å². The fraction of sp³-hybridized carbons (Fsp3) is 0.500. The number of carbonyl (C=O) groups excluding carboxylic acids is 5. The van der Waals surface area contributed by atoms with Gasteiger partial charge in [0.1, 0.15) is 5.75 Å². The number of amides is 1. The molecule has 0 aromatic heterocycles. The van der Waals surface area contributed by atoms with Crippen molar-refractivity contribution >= 4 is 29.0 Å². The topological polar surface area (TPSA) is 175 Å². The second-order valence-corrected chi connectivity index (χ2v) is 9.11. The summed E-state index contributed by atoms with van der Waals surface area (Å²) in [6.07, 6.45) is -1.62. The first-order chi connectivity index (χ1) is 14.9. The molecule has 1 amide bonds. The van der Waals surface area contributed by atoms with Crippen molar-refractivity contribution in [2.45, 2.75) is 30.6 Å². The van der Waals surface area contributed by atoms with Crippen LogP contribution in [0.2, 0.25) is 0 Å². The Morgan fingerprint density at radius 3 is 2.31 bits per heavy atom. The fourth-order valence-corrected chi connectivity index (χ4v) is 5.95. The lowest BCUT2D eigenvalue weighted by molar-refractivity contribution is -0.196. The number of nitrogens with two attached hydrogens (primary N) is 1. The predicted octanol–water partition coefficient (Wildman–Crippen LogP) is -1.60. The summed E-state index contributed by atoms with van der Waals surface area (Å²) in [5, 5.41) is 33.1. The number of likely N-dealkylation sites (N-methyl/N-ethyl adjacent to an activating group) is 1. The lowest BCUT2D eigenvalue weighted by Crippen LogP contribution is -2.77. The van der Waals surface area contributed by atoms with Crippen LogP contribution in [0.1, 0.15) is 28.8 Å². The summed E-state index contributed by atoms with van der Waals surface area (Å²) in [4.78, 5) is 66.3. The van der Waals surface area contributed by atoms with E-state index in [1.54, 1.807) is 13.0 Å². The third-order valence-electron chi connectivity index (χ3n) is 7.35. The number of Topliss-reactive ketones (excluding diaryl/α,β-unsaturated/α-hetero) is 4. The molecule has 1 aromatic carbocycles. The highest BCUT2D eigenvalue weighted by atomic mass is 16.3. The van der Waals surface area contributed by atoms with Crippen LogP contribution in [-0.4, -0.2) is 81.1 Å². The number of hydrogen-bond acceptors (Lipinski definition) is 9. The van der Waals surface area contributed by atoms with Gasteiger partial charge in [0.15, 0.2) is 34.7 Å². The van der Waals surface area contributed by atoms with Crippen LogP contribution >= 0.6 is 0 Å². The van der Waals surface area contributed by atoms with Crippen LogP contribution < -0.4 is 5.73 Å². The lowest BCUT2D eigenvalue weighted by atomic mass is 9.49. The third kappa shape index (κ3) is 2.54. The Morgan fingerprint density at radius 1 is 1.12 bits per heavy atom. The number of phenolic OH excluding ortho intramolecular Hbond substituents is 1. The van der Waals surface area contributed by atoms with Crippen LogP contribution in [0.5, 0.6) is 5.75 Å². The molecule has 5 N–H and O–H groups in total. The number of nitrogens with zero attached hydrogens (tertiary/aromatic N) is 1. The number of primary amides is 1. The molecule has 0 heterocycles. The van der Waals surface area contributed by atoms with E-state index in [9.17, 15) is 39.3 Å². The summed E-state index contributed by atoms with van der Waals surface area (Å²) in [5.74, 6) is -13.1. The lowest BCUT2D eigenvalue weighted by Gasteiger charge is -2.55. The van der Waals surface area contributed by atoms with Crippen LogP contribution in [0.15, 0.2) is 18.2 Å². The molecule has 4 rings (SSSR count). The van der Waals surface area contributed by atoms with E-state index in [1.807, 2.05) is 0 Å². The van der Waals surface area contributed by atoms with E-state index in [4.69, 9.17) is 5.73 Å². The SMILES string of the molecule is CC1c2cccc(O)c2C(=O)C2C(=O)[C@]3(O)C(=O)C(C(N)=O)C(=O)[C@@H](N(C)C)[C@@H]3[C@@H](O)[C@@H]21. The van der Waals surface area contributed by atoms with Crippen LogP contribution in [0.3, 0.4) is 0 Å². The number of phenols is 1. The molecule has 10 heteroatoms. The Balaban J connectivity index is 1.96. The predicted molar refractivity (Wildman–Crippen MR) is 107 cm³/mol. The maximum absolute atomic E-state index is 13.6. The first kappa shape index (κ1) is 22.3. The number of aliphatic hydroxyl groups excluding tert-OH is 1. The molecule has 3 aliphatic carbocycles. The number of aliphatic hydroxyl groups is 2. The van der Waals surface area contributed by atoms with E-state index >= 15 is 0 Å². The summed E-state index contributed by atoms with van der Waals surface area (Å²) in [6.45, 7) is 1.66. The number of aromatic hydroxyl groups is 1. The average Bonchev–Trinajstić information content (AvgIpc) is 2.70. The molecule has 32 heavy (non-hydrogen) atoms. The molecular weight excluding hydrogens is 420 g/mol. The van der Waals surface area contributed by atoms with E-state index in [1.165, 1.54) is 31.1 Å². The van der Waals surface area contributed by atoms with E-state index < -0.39 is 76.4 Å². The summed E-state index contributed by atoms with van der Waals surface area (Å²) in [7, 11) is 2.89. The fourth-order valence-electron chi connectivity index (χ4n) is 5.95. The summed E-state index contributed by atoms with van der Waals surface area (Å²) in [5.41, 5.74) is 2.58. The van der Waals surface area contributed by atoms with Gasteiger partial charge in [-0.25, -0.2) is 0 Å². The number of ketones is 4. The Morgan fingerprint density at radius 2 is 1.75 bits per heavy atom. The zero-order chi connectivity index (χ0) is 23.9. The van der Waals surface area contributed by atoms with Crippen molar-refractivity contribution in [2.24, 2.45) is 29.4 Å². The second-order valence-electron chi connectivity index (χ2n) is 9.11. The van der Waals surface area contributed by atoms with Crippen LogP contribution in [0, 0.1) is 23.7 Å². The molecule has 0 aliphatic heterocycles. The first-order valence-corrected chi connectivity index (χ1v) is 10.2. The highest BCUT2D eigenvalue weighted by Gasteiger charge is 2.72. The minimum Gasteiger partial charge on any atom is -0.507 e. The highest BCUT2D eigenvalue weighted by molar-refractivity contribution is 6.32. The molecule has 3 aliphatic rings. The molecule has 3 unspecified atom stereocenters. The Kier molecular flexibility index (Phi) is 4.89. The molecule has 1 aromatic rings. The van der Waals surface area contributed by atoms with Gasteiger partial charge >= 0.3 is 0 Å². The number of fused-ring (bicyclic) bond motifs is 3. The smallest absolute Gasteiger partial charge is 0.235 e. The van der Waals surface area contributed by atoms with Gasteiger partial charge in [-0.2, -0.15) is 0 Å². The molecule has 0 spiro atoms. The minimum atomic E-state index is -2.97. The van der Waals surface area contributed by atoms with E-state index in [0.29, 0.717) is 5.56 Å². The summed E-state index contributed by atoms with van der Waals surface area (Å²) >= 11 is 0. The van der Waals surface area contributed by atoms with Gasteiger partial charge < -0.3 is 21.1 Å². The first-order valence-electron chi connectivity index (χ1n) is 10.2. The van der Waals surface area contributed by atoms with Gasteiger partial charge in [-0.1, -0.05) is 19.1 Å². The van der Waals surface area contributed by atoms with Crippen molar-refractivity contribution < 1.29 is 39.3 Å². The zero-order valence-corrected chi connectivity index (χ0v) is 17.7. The van der Waals surface area contributed by atoms with Crippen molar-refractivity contribution in [1.29, 1.82) is 0 Å². The van der Waals surface area contributed by atoms with Gasteiger partial charge in [0.05, 0.1) is 29.5 Å². The number of hydrogen-bond donors (Lipinski definition) is 4. The summed E-state index contributed by atoms with van der Waals surface area (Å²) < 4.78 is 0. The standard InChI is InChI=1S/C22H24N2O8/c1-7-8-5-4-6-9(25)11(8)16(26)12-10(7)17(27)14-15(24(2)3)18(28)13(21(23)31)20(30)22(14,32)19(12)29/h4-7,10,12-15,17,25,27,32H,1-3H3,(H2,23,31)/t7?,10-,12?,13?,14-,15+,17+,22+/m1/s1. The monoisotopic (exact) mass is 444 g/mol. The Hall–Kier alpha value is -2.95. The van der Waals surface area contributed by atoms with Gasteiger partial charge in [-0.15, -0.1) is 0 Å². The second kappa shape index (κ2) is 7.03. The van der Waals surface area contributed by atoms with Crippen molar-refractivity contribution in [3.05, 3.63) is 29.3 Å². The number of rotatable bonds is 2.